The van der Waals surface area contributed by atoms with E-state index in [9.17, 15) is 29.1 Å². The van der Waals surface area contributed by atoms with Crippen LogP contribution >= 0.6 is 15.6 Å². The second-order valence-corrected chi connectivity index (χ2v) is 16.7. The molecule has 0 fully saturated rings. The van der Waals surface area contributed by atoms with Crippen LogP contribution < -0.4 is 20.0 Å². The molecule has 0 radical (unpaired) electrons. The molecule has 0 aromatic carbocycles. The zero-order valence-corrected chi connectivity index (χ0v) is 38.4. The molecule has 0 aromatic heterocycles. The molecule has 0 aromatic rings. The quantitative estimate of drug-likeness (QED) is 0.0550. The molecule has 0 aliphatic heterocycles. The maximum absolute atomic E-state index is 11.8. The number of phosphoric ester groups is 2. The predicted molar refractivity (Wildman–Crippen MR) is 203 cm³/mol. The number of unbranched alkanes of at least 4 members (excludes halogenated alkanes) is 4. The summed E-state index contributed by atoms with van der Waals surface area (Å²) in [7, 11) is -8.28. The van der Waals surface area contributed by atoms with Gasteiger partial charge in [0.2, 0.25) is 0 Å². The van der Waals surface area contributed by atoms with Crippen molar-refractivity contribution in [3.8, 4) is 0 Å². The van der Waals surface area contributed by atoms with Gasteiger partial charge in [-0.15, -0.1) is 12.2 Å². The van der Waals surface area contributed by atoms with E-state index in [1.807, 2.05) is 0 Å². The predicted octanol–water partition coefficient (Wildman–Crippen LogP) is 9.35. The van der Waals surface area contributed by atoms with Crippen molar-refractivity contribution < 1.29 is 68.9 Å². The average molecular weight is 809 g/mol. The van der Waals surface area contributed by atoms with E-state index in [4.69, 9.17) is 18.1 Å². The van der Waals surface area contributed by atoms with Crippen molar-refractivity contribution in [2.24, 2.45) is 23.7 Å². The van der Waals surface area contributed by atoms with Crippen LogP contribution in [-0.4, -0.2) is 38.6 Å². The molecule has 0 aliphatic rings. The van der Waals surface area contributed by atoms with Gasteiger partial charge in [-0.2, -0.15) is 0 Å². The average Bonchev–Trinajstić information content (AvgIpc) is 3.05. The summed E-state index contributed by atoms with van der Waals surface area (Å²) < 4.78 is 43.8. The van der Waals surface area contributed by atoms with Gasteiger partial charge in [-0.25, -0.2) is 0 Å². The van der Waals surface area contributed by atoms with E-state index in [-0.39, 0.29) is 48.1 Å². The van der Waals surface area contributed by atoms with Crippen molar-refractivity contribution in [1.29, 1.82) is 0 Å². The Bertz CT molecular complexity index is 661. The molecule has 0 amide bonds. The van der Waals surface area contributed by atoms with Crippen LogP contribution in [0.1, 0.15) is 186 Å². The van der Waals surface area contributed by atoms with E-state index >= 15 is 0 Å². The van der Waals surface area contributed by atoms with Crippen LogP contribution in [0.2, 0.25) is 0 Å². The molecule has 0 aliphatic carbocycles. The first-order valence-electron chi connectivity index (χ1n) is 20.0. The molecule has 10 nitrogen and oxygen atoms in total. The minimum Gasteiger partial charge on any atom is -0.852 e. The number of rotatable bonds is 28. The van der Waals surface area contributed by atoms with E-state index in [2.05, 4.69) is 55.4 Å². The molecule has 4 atom stereocenters. The molecule has 0 N–H and O–H groups in total. The number of hydrogen-bond acceptors (Lipinski definition) is 10. The van der Waals surface area contributed by atoms with Crippen LogP contribution in [-0.2, 0) is 48.9 Å². The minimum absolute atomic E-state index is 0. The summed E-state index contributed by atoms with van der Waals surface area (Å²) in [6.07, 6.45) is 15.9. The van der Waals surface area contributed by atoms with Crippen molar-refractivity contribution >= 4 is 15.6 Å². The van der Waals surface area contributed by atoms with Crippen LogP contribution in [0.25, 0.3) is 0 Å². The van der Waals surface area contributed by atoms with Gasteiger partial charge in [0.1, 0.15) is 0 Å². The number of hydrogen-bond donors (Lipinski definition) is 0. The molecule has 0 saturated heterocycles. The van der Waals surface area contributed by atoms with Crippen LogP contribution in [0.4, 0.5) is 0 Å². The van der Waals surface area contributed by atoms with Gasteiger partial charge < -0.3 is 38.1 Å². The van der Waals surface area contributed by atoms with Gasteiger partial charge in [-0.05, 0) is 49.4 Å². The van der Waals surface area contributed by atoms with Gasteiger partial charge in [0, 0.05) is 0 Å². The molecule has 13 heteroatoms. The second-order valence-electron chi connectivity index (χ2n) is 13.8. The van der Waals surface area contributed by atoms with E-state index in [0.29, 0.717) is 23.7 Å². The van der Waals surface area contributed by atoms with Gasteiger partial charge in [0.05, 0.1) is 26.4 Å². The molecule has 4 unspecified atom stereocenters. The van der Waals surface area contributed by atoms with Crippen LogP contribution in [0.3, 0.4) is 0 Å². The summed E-state index contributed by atoms with van der Waals surface area (Å²) in [5.74, 6) is 1.21. The first-order valence-corrected chi connectivity index (χ1v) is 22.9. The summed E-state index contributed by atoms with van der Waals surface area (Å²) in [5.41, 5.74) is 0. The first kappa shape index (κ1) is 61.1. The molecule has 0 spiro atoms. The summed E-state index contributed by atoms with van der Waals surface area (Å²) >= 11 is 0. The number of phosphoric acid groups is 2. The molecule has 308 valence electrons. The van der Waals surface area contributed by atoms with Crippen molar-refractivity contribution in [3.63, 3.8) is 0 Å². The fourth-order valence-electron chi connectivity index (χ4n) is 4.45. The minimum atomic E-state index is -4.14. The summed E-state index contributed by atoms with van der Waals surface area (Å²) in [6, 6.07) is 0. The summed E-state index contributed by atoms with van der Waals surface area (Å²) in [4.78, 5) is 23.6. The van der Waals surface area contributed by atoms with Gasteiger partial charge in [-0.1, -0.05) is 160 Å². The van der Waals surface area contributed by atoms with E-state index in [1.54, 1.807) is 27.7 Å². The zero-order chi connectivity index (χ0) is 39.4. The Morgan fingerprint density at radius 2 is 0.588 bits per heavy atom. The van der Waals surface area contributed by atoms with E-state index in [1.165, 1.54) is 0 Å². The monoisotopic (exact) mass is 808 g/mol. The van der Waals surface area contributed by atoms with E-state index in [0.717, 1.165) is 103 Å². The Kier molecular flexibility index (Phi) is 50.3. The Morgan fingerprint density at radius 1 is 0.431 bits per heavy atom. The van der Waals surface area contributed by atoms with Crippen molar-refractivity contribution in [2.75, 3.05) is 26.4 Å². The smallest absolute Gasteiger partial charge is 0.852 e. The maximum atomic E-state index is 11.8. The maximum Gasteiger partial charge on any atom is 4.00 e. The van der Waals surface area contributed by atoms with Gasteiger partial charge in [0.15, 0.2) is 0 Å². The normalized spacial score (nSPS) is 15.7. The molecule has 0 saturated carbocycles. The molecular formula is C38H82O10P2Ti. The third kappa shape index (κ3) is 50.9. The third-order valence-electron chi connectivity index (χ3n) is 8.05. The zero-order valence-electron chi connectivity index (χ0n) is 35.1. The Balaban J connectivity index is -0.000000224. The SMILES string of the molecule is CC(C)[O-].CC(C)[O-].CCCCC(CC)COP(=O)([O-])OCC(CC)CCCC.CCCCC(CC)COP(=O)([O-])OCC(CC)CCCC.[Ti+4]. The van der Waals surface area contributed by atoms with Crippen molar-refractivity contribution in [1.82, 2.24) is 0 Å². The van der Waals surface area contributed by atoms with Crippen LogP contribution in [0.5, 0.6) is 0 Å². The van der Waals surface area contributed by atoms with Gasteiger partial charge in [0.25, 0.3) is 15.6 Å². The van der Waals surface area contributed by atoms with Crippen molar-refractivity contribution in [2.45, 2.75) is 198 Å². The van der Waals surface area contributed by atoms with Crippen molar-refractivity contribution in [3.05, 3.63) is 0 Å². The molecule has 0 heterocycles. The standard InChI is InChI=1S/2C16H35O4P.2C3H7O.Ti/c2*1-5-9-11-15(7-3)13-19-21(17,18)20-14-16(8-4)12-10-6-2;2*1-3(2)4;/h2*15-16H,5-14H2,1-4H3,(H,17,18);2*3H,1-2H3;/q;;2*-1;+4/p-2. The fraction of sp³-hybridized carbons (Fsp3) is 1.00. The summed E-state index contributed by atoms with van der Waals surface area (Å²) in [6.45, 7) is 24.3. The fourth-order valence-corrected chi connectivity index (χ4v) is 6.18. The molecule has 51 heavy (non-hydrogen) atoms. The second kappa shape index (κ2) is 42.0. The molecule has 0 rings (SSSR count). The summed E-state index contributed by atoms with van der Waals surface area (Å²) in [5, 5.41) is 19.1. The first-order chi connectivity index (χ1) is 23.4. The van der Waals surface area contributed by atoms with Gasteiger partial charge >= 0.3 is 21.7 Å². The Hall–Kier alpha value is 0.854. The van der Waals surface area contributed by atoms with Gasteiger partial charge in [-0.3, -0.25) is 9.13 Å². The molecular weight excluding hydrogens is 726 g/mol. The molecule has 0 bridgehead atoms. The van der Waals surface area contributed by atoms with E-state index < -0.39 is 27.9 Å². The largest absolute Gasteiger partial charge is 4.00 e. The van der Waals surface area contributed by atoms with Crippen LogP contribution in [0.15, 0.2) is 0 Å². The third-order valence-corrected chi connectivity index (χ3v) is 9.91. The van der Waals surface area contributed by atoms with Crippen LogP contribution in [0, 0.1) is 23.7 Å². The Morgan fingerprint density at radius 3 is 0.706 bits per heavy atom. The Labute approximate surface area is 331 Å². The topological polar surface area (TPSA) is 163 Å².